The zero-order valence-corrected chi connectivity index (χ0v) is 10.7. The van der Waals surface area contributed by atoms with Gasteiger partial charge in [0.15, 0.2) is 9.84 Å². The van der Waals surface area contributed by atoms with Crippen LogP contribution in [-0.4, -0.2) is 20.6 Å². The van der Waals surface area contributed by atoms with E-state index in [0.717, 1.165) is 18.4 Å². The summed E-state index contributed by atoms with van der Waals surface area (Å²) >= 11 is 0. The Bertz CT molecular complexity index is 559. The molecule has 5 heteroatoms. The summed E-state index contributed by atoms with van der Waals surface area (Å²) in [6, 6.07) is 4.74. The van der Waals surface area contributed by atoms with Crippen LogP contribution in [0.2, 0.25) is 0 Å². The van der Waals surface area contributed by atoms with Crippen molar-refractivity contribution < 1.29 is 13.2 Å². The van der Waals surface area contributed by atoms with Crippen molar-refractivity contribution in [3.63, 3.8) is 0 Å². The average Bonchev–Trinajstić information content (AvgIpc) is 3.02. The Labute approximate surface area is 101 Å². The number of aryl methyl sites for hydroxylation is 1. The summed E-state index contributed by atoms with van der Waals surface area (Å²) in [6.45, 7) is 1.79. The van der Waals surface area contributed by atoms with Crippen molar-refractivity contribution in [3.05, 3.63) is 23.8 Å². The molecule has 1 fully saturated rings. The van der Waals surface area contributed by atoms with Crippen LogP contribution in [0.4, 0.5) is 5.69 Å². The molecule has 0 unspecified atom stereocenters. The topological polar surface area (TPSA) is 63.2 Å². The standard InChI is InChI=1S/C12H15NO3S/c1-8-7-10(17(2,15)16)5-6-11(8)13-12(14)9-3-4-9/h5-7,9H,3-4H2,1-2H3,(H,13,14). The normalized spacial score (nSPS) is 15.6. The average molecular weight is 253 g/mol. The minimum Gasteiger partial charge on any atom is -0.326 e. The van der Waals surface area contributed by atoms with Crippen LogP contribution in [0, 0.1) is 12.8 Å². The van der Waals surface area contributed by atoms with Crippen molar-refractivity contribution in [2.45, 2.75) is 24.7 Å². The highest BCUT2D eigenvalue weighted by Gasteiger charge is 2.29. The fraction of sp³-hybridized carbons (Fsp3) is 0.417. The molecular formula is C12H15NO3S. The highest BCUT2D eigenvalue weighted by Crippen LogP contribution is 2.31. The second kappa shape index (κ2) is 4.14. The monoisotopic (exact) mass is 253 g/mol. The number of carbonyl (C=O) groups excluding carboxylic acids is 1. The van der Waals surface area contributed by atoms with Gasteiger partial charge in [0.05, 0.1) is 4.90 Å². The summed E-state index contributed by atoms with van der Waals surface area (Å²) in [5.74, 6) is 0.171. The van der Waals surface area contributed by atoms with E-state index < -0.39 is 9.84 Å². The lowest BCUT2D eigenvalue weighted by atomic mass is 10.2. The Balaban J connectivity index is 2.22. The lowest BCUT2D eigenvalue weighted by Gasteiger charge is -2.09. The molecule has 1 N–H and O–H groups in total. The van der Waals surface area contributed by atoms with Crippen LogP contribution in [0.1, 0.15) is 18.4 Å². The summed E-state index contributed by atoms with van der Waals surface area (Å²) in [5, 5.41) is 2.82. The second-order valence-electron chi connectivity index (χ2n) is 4.51. The zero-order chi connectivity index (χ0) is 12.6. The Morgan fingerprint density at radius 3 is 2.47 bits per heavy atom. The minimum absolute atomic E-state index is 0.0280. The summed E-state index contributed by atoms with van der Waals surface area (Å²) < 4.78 is 22.7. The maximum atomic E-state index is 11.6. The van der Waals surface area contributed by atoms with Crippen LogP contribution in [0.5, 0.6) is 0 Å². The first-order chi connectivity index (χ1) is 7.88. The van der Waals surface area contributed by atoms with E-state index in [2.05, 4.69) is 5.32 Å². The SMILES string of the molecule is Cc1cc(S(C)(=O)=O)ccc1NC(=O)C1CC1. The third kappa shape index (κ3) is 2.85. The van der Waals surface area contributed by atoms with E-state index in [1.54, 1.807) is 19.1 Å². The highest BCUT2D eigenvalue weighted by molar-refractivity contribution is 7.90. The molecule has 0 spiro atoms. The Kier molecular flexibility index (Phi) is 2.95. The molecule has 0 bridgehead atoms. The number of hydrogen-bond acceptors (Lipinski definition) is 3. The van der Waals surface area contributed by atoms with Crippen LogP contribution < -0.4 is 5.32 Å². The number of anilines is 1. The van der Waals surface area contributed by atoms with E-state index in [-0.39, 0.29) is 16.7 Å². The molecule has 17 heavy (non-hydrogen) atoms. The third-order valence-electron chi connectivity index (χ3n) is 2.83. The highest BCUT2D eigenvalue weighted by atomic mass is 32.2. The fourth-order valence-corrected chi connectivity index (χ4v) is 2.29. The van der Waals surface area contributed by atoms with Gasteiger partial charge in [-0.3, -0.25) is 4.79 Å². The number of hydrogen-bond donors (Lipinski definition) is 1. The van der Waals surface area contributed by atoms with Gasteiger partial charge in [-0.25, -0.2) is 8.42 Å². The van der Waals surface area contributed by atoms with Gasteiger partial charge in [0.1, 0.15) is 0 Å². The van der Waals surface area contributed by atoms with Gasteiger partial charge in [-0.05, 0) is 43.5 Å². The predicted octanol–water partition coefficient (Wildman–Crippen LogP) is 1.75. The second-order valence-corrected chi connectivity index (χ2v) is 6.53. The van der Waals surface area contributed by atoms with Gasteiger partial charge >= 0.3 is 0 Å². The van der Waals surface area contributed by atoms with Gasteiger partial charge in [0.2, 0.25) is 5.91 Å². The number of sulfone groups is 1. The number of carbonyl (C=O) groups is 1. The Morgan fingerprint density at radius 2 is 2.00 bits per heavy atom. The molecule has 0 atom stereocenters. The minimum atomic E-state index is -3.19. The quantitative estimate of drug-likeness (QED) is 0.892. The van der Waals surface area contributed by atoms with Gasteiger partial charge in [-0.1, -0.05) is 0 Å². The van der Waals surface area contributed by atoms with E-state index in [0.29, 0.717) is 5.69 Å². The van der Waals surface area contributed by atoms with Crippen LogP contribution >= 0.6 is 0 Å². The third-order valence-corrected chi connectivity index (χ3v) is 3.94. The van der Waals surface area contributed by atoms with Crippen molar-refractivity contribution in [1.29, 1.82) is 0 Å². The molecular weight excluding hydrogens is 238 g/mol. The molecule has 0 saturated heterocycles. The van der Waals surface area contributed by atoms with E-state index in [4.69, 9.17) is 0 Å². The van der Waals surface area contributed by atoms with Gasteiger partial charge in [-0.15, -0.1) is 0 Å². The van der Waals surface area contributed by atoms with Crippen LogP contribution in [0.3, 0.4) is 0 Å². The molecule has 1 amide bonds. The first-order valence-corrected chi connectivity index (χ1v) is 7.38. The van der Waals surface area contributed by atoms with Crippen molar-refractivity contribution in [1.82, 2.24) is 0 Å². The molecule has 1 saturated carbocycles. The molecule has 2 rings (SSSR count). The molecule has 4 nitrogen and oxygen atoms in total. The Morgan fingerprint density at radius 1 is 1.35 bits per heavy atom. The van der Waals surface area contributed by atoms with E-state index in [9.17, 15) is 13.2 Å². The lowest BCUT2D eigenvalue weighted by Crippen LogP contribution is -2.14. The first-order valence-electron chi connectivity index (χ1n) is 5.49. The number of nitrogens with one attached hydrogen (secondary N) is 1. The van der Waals surface area contributed by atoms with Crippen LogP contribution in [0.15, 0.2) is 23.1 Å². The molecule has 1 aliphatic rings. The molecule has 1 aromatic carbocycles. The van der Waals surface area contributed by atoms with E-state index >= 15 is 0 Å². The molecule has 0 heterocycles. The van der Waals surface area contributed by atoms with Gasteiger partial charge in [0, 0.05) is 17.9 Å². The van der Waals surface area contributed by atoms with Gasteiger partial charge in [-0.2, -0.15) is 0 Å². The van der Waals surface area contributed by atoms with Gasteiger partial charge in [0.25, 0.3) is 0 Å². The van der Waals surface area contributed by atoms with Gasteiger partial charge < -0.3 is 5.32 Å². The van der Waals surface area contributed by atoms with E-state index in [1.807, 2.05) is 0 Å². The smallest absolute Gasteiger partial charge is 0.227 e. The Hall–Kier alpha value is -1.36. The number of benzene rings is 1. The zero-order valence-electron chi connectivity index (χ0n) is 9.86. The van der Waals surface area contributed by atoms with Crippen molar-refractivity contribution in [3.8, 4) is 0 Å². The van der Waals surface area contributed by atoms with Crippen molar-refractivity contribution in [2.24, 2.45) is 5.92 Å². The largest absolute Gasteiger partial charge is 0.326 e. The molecule has 1 aromatic rings. The molecule has 0 radical (unpaired) electrons. The fourth-order valence-electron chi connectivity index (χ4n) is 1.59. The van der Waals surface area contributed by atoms with Crippen molar-refractivity contribution in [2.75, 3.05) is 11.6 Å². The molecule has 92 valence electrons. The maximum Gasteiger partial charge on any atom is 0.227 e. The van der Waals surface area contributed by atoms with E-state index in [1.165, 1.54) is 12.3 Å². The summed E-state index contributed by atoms with van der Waals surface area (Å²) in [6.07, 6.45) is 3.07. The predicted molar refractivity (Wildman–Crippen MR) is 65.6 cm³/mol. The number of amides is 1. The molecule has 0 aromatic heterocycles. The lowest BCUT2D eigenvalue weighted by molar-refractivity contribution is -0.117. The molecule has 0 aliphatic heterocycles. The summed E-state index contributed by atoms with van der Waals surface area (Å²) in [4.78, 5) is 11.9. The first kappa shape index (κ1) is 12.1. The van der Waals surface area contributed by atoms with Crippen LogP contribution in [0.25, 0.3) is 0 Å². The van der Waals surface area contributed by atoms with Crippen molar-refractivity contribution >= 4 is 21.4 Å². The molecule has 1 aliphatic carbocycles. The van der Waals surface area contributed by atoms with Crippen LogP contribution in [-0.2, 0) is 14.6 Å². The number of rotatable bonds is 3. The maximum absolute atomic E-state index is 11.6. The summed E-state index contributed by atoms with van der Waals surface area (Å²) in [7, 11) is -3.19. The summed E-state index contributed by atoms with van der Waals surface area (Å²) in [5.41, 5.74) is 1.45.